The average Bonchev–Trinajstić information content (AvgIpc) is 2.15. The Bertz CT molecular complexity index is 461. The summed E-state index contributed by atoms with van der Waals surface area (Å²) in [6.45, 7) is 1.76. The number of rotatable bonds is 2. The lowest BCUT2D eigenvalue weighted by atomic mass is 9.89. The molecule has 5 heteroatoms. The van der Waals surface area contributed by atoms with Crippen LogP contribution in [0.15, 0.2) is 17.1 Å². The minimum Gasteiger partial charge on any atom is -0.393 e. The van der Waals surface area contributed by atoms with Crippen molar-refractivity contribution in [1.82, 2.24) is 10.3 Å². The molecule has 0 aromatic carbocycles. The predicted octanol–water partition coefficient (Wildman–Crippen LogP) is -0.0636. The normalized spacial score (nSPS) is 23.6. The standard InChI is InChI=1S/C11H14N2O3/c1-6-2-10(15)9(5-12-6)11(16)13-7-3-8(14)4-7/h2,5,7-8,14H,3-4H2,1H3,(H,12,15)(H,13,16). The maximum absolute atomic E-state index is 11.7. The quantitative estimate of drug-likeness (QED) is 0.655. The topological polar surface area (TPSA) is 82.2 Å². The van der Waals surface area contributed by atoms with Crippen molar-refractivity contribution in [3.8, 4) is 0 Å². The molecule has 0 spiro atoms. The number of pyridine rings is 1. The third-order valence-electron chi connectivity index (χ3n) is 2.75. The maximum atomic E-state index is 11.7. The number of hydrogen-bond acceptors (Lipinski definition) is 3. The first-order chi connectivity index (χ1) is 7.56. The molecule has 1 aliphatic rings. The van der Waals surface area contributed by atoms with Crippen LogP contribution in [0.5, 0.6) is 0 Å². The first kappa shape index (κ1) is 10.9. The Morgan fingerprint density at radius 2 is 2.25 bits per heavy atom. The molecule has 1 heterocycles. The number of aromatic amines is 1. The van der Waals surface area contributed by atoms with Crippen LogP contribution in [0.25, 0.3) is 0 Å². The second-order valence-electron chi connectivity index (χ2n) is 4.19. The Morgan fingerprint density at radius 1 is 1.56 bits per heavy atom. The van der Waals surface area contributed by atoms with Gasteiger partial charge in [0.15, 0.2) is 5.43 Å². The Hall–Kier alpha value is -1.62. The number of carbonyl (C=O) groups excluding carboxylic acids is 1. The molecule has 1 saturated carbocycles. The van der Waals surface area contributed by atoms with E-state index >= 15 is 0 Å². The second-order valence-corrected chi connectivity index (χ2v) is 4.19. The van der Waals surface area contributed by atoms with Crippen LogP contribution < -0.4 is 10.7 Å². The fraction of sp³-hybridized carbons (Fsp3) is 0.455. The van der Waals surface area contributed by atoms with Gasteiger partial charge >= 0.3 is 0 Å². The van der Waals surface area contributed by atoms with E-state index in [-0.39, 0.29) is 29.0 Å². The number of H-pyrrole nitrogens is 1. The molecule has 1 amide bonds. The van der Waals surface area contributed by atoms with E-state index in [0.29, 0.717) is 12.8 Å². The predicted molar refractivity (Wildman–Crippen MR) is 58.3 cm³/mol. The SMILES string of the molecule is Cc1cc(=O)c(C(=O)NC2CC(O)C2)c[nH]1. The van der Waals surface area contributed by atoms with Crippen LogP contribution in [0, 0.1) is 6.92 Å². The van der Waals surface area contributed by atoms with E-state index in [1.807, 2.05) is 0 Å². The van der Waals surface area contributed by atoms with E-state index in [0.717, 1.165) is 5.69 Å². The fourth-order valence-electron chi connectivity index (χ4n) is 1.72. The van der Waals surface area contributed by atoms with Crippen molar-refractivity contribution in [2.45, 2.75) is 31.9 Å². The number of aliphatic hydroxyl groups excluding tert-OH is 1. The van der Waals surface area contributed by atoms with E-state index in [9.17, 15) is 9.59 Å². The van der Waals surface area contributed by atoms with Crippen LogP contribution in [0.4, 0.5) is 0 Å². The van der Waals surface area contributed by atoms with Gasteiger partial charge < -0.3 is 15.4 Å². The van der Waals surface area contributed by atoms with Crippen molar-refractivity contribution in [3.05, 3.63) is 33.7 Å². The van der Waals surface area contributed by atoms with Crippen molar-refractivity contribution < 1.29 is 9.90 Å². The molecule has 0 unspecified atom stereocenters. The van der Waals surface area contributed by atoms with E-state index in [2.05, 4.69) is 10.3 Å². The summed E-state index contributed by atoms with van der Waals surface area (Å²) in [5, 5.41) is 11.8. The van der Waals surface area contributed by atoms with Crippen molar-refractivity contribution in [2.24, 2.45) is 0 Å². The number of amides is 1. The summed E-state index contributed by atoms with van der Waals surface area (Å²) in [5.74, 6) is -0.377. The number of aryl methyl sites for hydroxylation is 1. The monoisotopic (exact) mass is 222 g/mol. The summed E-state index contributed by atoms with van der Waals surface area (Å²) in [6, 6.07) is 1.38. The van der Waals surface area contributed by atoms with Gasteiger partial charge in [-0.2, -0.15) is 0 Å². The van der Waals surface area contributed by atoms with Gasteiger partial charge in [-0.15, -0.1) is 0 Å². The lowest BCUT2D eigenvalue weighted by Gasteiger charge is -2.31. The summed E-state index contributed by atoms with van der Waals surface area (Å²) >= 11 is 0. The molecule has 5 nitrogen and oxygen atoms in total. The highest BCUT2D eigenvalue weighted by molar-refractivity contribution is 5.94. The van der Waals surface area contributed by atoms with Crippen molar-refractivity contribution in [1.29, 1.82) is 0 Å². The molecular weight excluding hydrogens is 208 g/mol. The van der Waals surface area contributed by atoms with Crippen molar-refractivity contribution >= 4 is 5.91 Å². The molecule has 16 heavy (non-hydrogen) atoms. The van der Waals surface area contributed by atoms with Crippen LogP contribution in [-0.4, -0.2) is 28.1 Å². The van der Waals surface area contributed by atoms with E-state index < -0.39 is 0 Å². The van der Waals surface area contributed by atoms with Gasteiger partial charge in [0, 0.05) is 24.0 Å². The van der Waals surface area contributed by atoms with E-state index in [4.69, 9.17) is 5.11 Å². The highest BCUT2D eigenvalue weighted by Crippen LogP contribution is 2.19. The Morgan fingerprint density at radius 3 is 2.81 bits per heavy atom. The van der Waals surface area contributed by atoms with E-state index in [1.165, 1.54) is 12.3 Å². The van der Waals surface area contributed by atoms with Crippen LogP contribution in [0.3, 0.4) is 0 Å². The minimum absolute atomic E-state index is 0.0109. The molecule has 2 rings (SSSR count). The number of aromatic nitrogens is 1. The van der Waals surface area contributed by atoms with Gasteiger partial charge in [0.25, 0.3) is 5.91 Å². The van der Waals surface area contributed by atoms with Crippen LogP contribution in [0.2, 0.25) is 0 Å². The first-order valence-electron chi connectivity index (χ1n) is 5.24. The molecule has 0 radical (unpaired) electrons. The second kappa shape index (κ2) is 4.09. The molecule has 1 fully saturated rings. The first-order valence-corrected chi connectivity index (χ1v) is 5.24. The average molecular weight is 222 g/mol. The minimum atomic E-state index is -0.377. The van der Waals surface area contributed by atoms with Crippen LogP contribution in [-0.2, 0) is 0 Å². The number of nitrogens with one attached hydrogen (secondary N) is 2. The van der Waals surface area contributed by atoms with E-state index in [1.54, 1.807) is 6.92 Å². The lowest BCUT2D eigenvalue weighted by molar-refractivity contribution is 0.0562. The molecule has 0 bridgehead atoms. The Kier molecular flexibility index (Phi) is 2.78. The summed E-state index contributed by atoms with van der Waals surface area (Å²) < 4.78 is 0. The van der Waals surface area contributed by atoms with Gasteiger partial charge in [-0.1, -0.05) is 0 Å². The van der Waals surface area contributed by atoms with Gasteiger partial charge in [-0.3, -0.25) is 9.59 Å². The number of aliphatic hydroxyl groups is 1. The van der Waals surface area contributed by atoms with Crippen LogP contribution in [0.1, 0.15) is 28.9 Å². The third-order valence-corrected chi connectivity index (χ3v) is 2.75. The third kappa shape index (κ3) is 2.14. The van der Waals surface area contributed by atoms with Crippen LogP contribution >= 0.6 is 0 Å². The summed E-state index contributed by atoms with van der Waals surface area (Å²) in [6.07, 6.45) is 2.23. The largest absolute Gasteiger partial charge is 0.393 e. The van der Waals surface area contributed by atoms with Gasteiger partial charge in [-0.05, 0) is 19.8 Å². The molecule has 0 saturated heterocycles. The highest BCUT2D eigenvalue weighted by atomic mass is 16.3. The lowest BCUT2D eigenvalue weighted by Crippen LogP contribution is -2.47. The number of carbonyl (C=O) groups is 1. The molecule has 1 aliphatic carbocycles. The van der Waals surface area contributed by atoms with Gasteiger partial charge in [-0.25, -0.2) is 0 Å². The molecule has 3 N–H and O–H groups in total. The summed E-state index contributed by atoms with van der Waals surface area (Å²) in [4.78, 5) is 26.0. The molecule has 0 atom stereocenters. The summed E-state index contributed by atoms with van der Waals surface area (Å²) in [7, 11) is 0. The zero-order chi connectivity index (χ0) is 11.7. The van der Waals surface area contributed by atoms with Gasteiger partial charge in [0.2, 0.25) is 0 Å². The molecular formula is C11H14N2O3. The molecule has 86 valence electrons. The van der Waals surface area contributed by atoms with Crippen molar-refractivity contribution in [3.63, 3.8) is 0 Å². The number of hydrogen-bond donors (Lipinski definition) is 3. The van der Waals surface area contributed by atoms with Crippen molar-refractivity contribution in [2.75, 3.05) is 0 Å². The smallest absolute Gasteiger partial charge is 0.256 e. The molecule has 0 aliphatic heterocycles. The Labute approximate surface area is 92.5 Å². The summed E-state index contributed by atoms with van der Waals surface area (Å²) in [5.41, 5.74) is 0.557. The van der Waals surface area contributed by atoms with Gasteiger partial charge in [0.1, 0.15) is 5.56 Å². The zero-order valence-corrected chi connectivity index (χ0v) is 8.99. The highest BCUT2D eigenvalue weighted by Gasteiger charge is 2.29. The zero-order valence-electron chi connectivity index (χ0n) is 8.99. The fourth-order valence-corrected chi connectivity index (χ4v) is 1.72. The maximum Gasteiger partial charge on any atom is 0.256 e. The molecule has 1 aromatic heterocycles. The Balaban J connectivity index is 2.06. The molecule has 1 aromatic rings. The van der Waals surface area contributed by atoms with Gasteiger partial charge in [0.05, 0.1) is 6.10 Å².